The molecule has 1 amide bonds. The highest BCUT2D eigenvalue weighted by Gasteiger charge is 2.16. The Hall–Kier alpha value is -2.32. The molecule has 0 unspecified atom stereocenters. The van der Waals surface area contributed by atoms with E-state index in [1.165, 1.54) is 6.33 Å². The monoisotopic (exact) mass is 403 g/mol. The van der Waals surface area contributed by atoms with Crippen molar-refractivity contribution in [3.63, 3.8) is 0 Å². The van der Waals surface area contributed by atoms with Crippen molar-refractivity contribution in [1.29, 1.82) is 0 Å². The molecule has 3 rings (SSSR count). The highest BCUT2D eigenvalue weighted by Crippen LogP contribution is 2.14. The average molecular weight is 404 g/mol. The second-order valence-electron chi connectivity index (χ2n) is 5.64. The number of amides is 1. The zero-order chi connectivity index (χ0) is 17.8. The number of carbonyl (C=O) groups excluding carboxylic acids is 1. The molecule has 0 bridgehead atoms. The fourth-order valence-electron chi connectivity index (χ4n) is 2.67. The van der Waals surface area contributed by atoms with E-state index in [-0.39, 0.29) is 19.1 Å². The Balaban J connectivity index is 1.80. The lowest BCUT2D eigenvalue weighted by Crippen LogP contribution is -2.35. The third kappa shape index (κ3) is 4.02. The molecule has 2 heterocycles. The Labute approximate surface area is 153 Å². The molecule has 0 atom stereocenters. The summed E-state index contributed by atoms with van der Waals surface area (Å²) >= 11 is 3.38. The van der Waals surface area contributed by atoms with Crippen LogP contribution >= 0.6 is 15.9 Å². The average Bonchev–Trinajstić information content (AvgIpc) is 3.06. The first kappa shape index (κ1) is 17.5. The Morgan fingerprint density at radius 3 is 2.92 bits per heavy atom. The number of nitrogens with zero attached hydrogens (tertiary/aromatic N) is 5. The lowest BCUT2D eigenvalue weighted by molar-refractivity contribution is 0.0723. The number of hydrogen-bond donors (Lipinski definition) is 1. The normalized spacial score (nSPS) is 11.0. The number of benzene rings is 1. The van der Waals surface area contributed by atoms with E-state index in [9.17, 15) is 9.90 Å². The number of aryl methyl sites for hydroxylation is 1. The fraction of sp³-hybridized carbons (Fsp3) is 0.294. The molecule has 0 spiro atoms. The van der Waals surface area contributed by atoms with Crippen molar-refractivity contribution in [1.82, 2.24) is 24.5 Å². The van der Waals surface area contributed by atoms with Crippen LogP contribution in [0.3, 0.4) is 0 Å². The molecule has 0 aliphatic rings. The first-order chi connectivity index (χ1) is 12.1. The maximum absolute atomic E-state index is 12.7. The van der Waals surface area contributed by atoms with E-state index in [4.69, 9.17) is 0 Å². The summed E-state index contributed by atoms with van der Waals surface area (Å²) in [4.78, 5) is 22.8. The van der Waals surface area contributed by atoms with Crippen LogP contribution in [-0.4, -0.2) is 55.2 Å². The lowest BCUT2D eigenvalue weighted by Gasteiger charge is -2.22. The number of aliphatic hydroxyl groups is 1. The van der Waals surface area contributed by atoms with Gasteiger partial charge in [-0.1, -0.05) is 22.0 Å². The van der Waals surface area contributed by atoms with E-state index in [0.717, 1.165) is 15.9 Å². The van der Waals surface area contributed by atoms with Crippen molar-refractivity contribution >= 4 is 27.6 Å². The smallest absolute Gasteiger partial charge is 0.253 e. The maximum Gasteiger partial charge on any atom is 0.253 e. The molecule has 0 saturated carbocycles. The van der Waals surface area contributed by atoms with Crippen molar-refractivity contribution in [3.8, 4) is 0 Å². The highest BCUT2D eigenvalue weighted by atomic mass is 79.9. The molecule has 25 heavy (non-hydrogen) atoms. The molecule has 0 saturated heterocycles. The fourth-order valence-corrected chi connectivity index (χ4v) is 3.07. The van der Waals surface area contributed by atoms with Gasteiger partial charge in [-0.2, -0.15) is 10.1 Å². The molecule has 130 valence electrons. The summed E-state index contributed by atoms with van der Waals surface area (Å²) in [7, 11) is 0. The first-order valence-corrected chi connectivity index (χ1v) is 8.70. The van der Waals surface area contributed by atoms with Gasteiger partial charge in [0.25, 0.3) is 11.7 Å². The zero-order valence-corrected chi connectivity index (χ0v) is 15.3. The van der Waals surface area contributed by atoms with Crippen LogP contribution in [0, 0.1) is 6.92 Å². The van der Waals surface area contributed by atoms with Crippen LogP contribution in [0.25, 0.3) is 5.78 Å². The number of fused-ring (bicyclic) bond motifs is 1. The summed E-state index contributed by atoms with van der Waals surface area (Å²) in [5.74, 6) is 0.429. The molecule has 1 aromatic carbocycles. The summed E-state index contributed by atoms with van der Waals surface area (Å²) in [6, 6.07) is 9.17. The van der Waals surface area contributed by atoms with Gasteiger partial charge in [0.05, 0.1) is 6.61 Å². The number of carbonyl (C=O) groups is 1. The quantitative estimate of drug-likeness (QED) is 0.678. The van der Waals surface area contributed by atoms with Gasteiger partial charge in [-0.3, -0.25) is 4.79 Å². The SMILES string of the molecule is Cc1cc(CCN(CCO)C(=O)c2cccc(Br)c2)n2ncnc2n1. The zero-order valence-electron chi connectivity index (χ0n) is 13.8. The molecule has 0 radical (unpaired) electrons. The van der Waals surface area contributed by atoms with E-state index in [2.05, 4.69) is 31.0 Å². The van der Waals surface area contributed by atoms with Crippen molar-refractivity contribution in [2.24, 2.45) is 0 Å². The topological polar surface area (TPSA) is 83.6 Å². The second-order valence-corrected chi connectivity index (χ2v) is 6.55. The summed E-state index contributed by atoms with van der Waals surface area (Å²) in [6.07, 6.45) is 2.05. The first-order valence-electron chi connectivity index (χ1n) is 7.90. The van der Waals surface area contributed by atoms with Crippen molar-refractivity contribution in [3.05, 3.63) is 58.1 Å². The van der Waals surface area contributed by atoms with Gasteiger partial charge in [-0.25, -0.2) is 9.50 Å². The summed E-state index contributed by atoms with van der Waals surface area (Å²) in [5, 5.41) is 13.5. The predicted molar refractivity (Wildman–Crippen MR) is 96.4 cm³/mol. The van der Waals surface area contributed by atoms with Gasteiger partial charge in [-0.05, 0) is 31.2 Å². The van der Waals surface area contributed by atoms with Crippen LogP contribution in [0.4, 0.5) is 0 Å². The maximum atomic E-state index is 12.7. The largest absolute Gasteiger partial charge is 0.395 e. The molecule has 0 aliphatic heterocycles. The van der Waals surface area contributed by atoms with Gasteiger partial charge >= 0.3 is 0 Å². The molecule has 8 heteroatoms. The van der Waals surface area contributed by atoms with E-state index in [1.807, 2.05) is 25.1 Å². The Morgan fingerprint density at radius 2 is 2.16 bits per heavy atom. The second kappa shape index (κ2) is 7.71. The van der Waals surface area contributed by atoms with Gasteiger partial charge < -0.3 is 10.0 Å². The van der Waals surface area contributed by atoms with E-state index < -0.39 is 0 Å². The minimum atomic E-state index is -0.115. The molecule has 0 fully saturated rings. The highest BCUT2D eigenvalue weighted by molar-refractivity contribution is 9.10. The van der Waals surface area contributed by atoms with Crippen LogP contribution in [0.2, 0.25) is 0 Å². The molecule has 2 aromatic heterocycles. The molecule has 7 nitrogen and oxygen atoms in total. The summed E-state index contributed by atoms with van der Waals surface area (Å²) < 4.78 is 2.52. The van der Waals surface area contributed by atoms with Gasteiger partial charge in [0.15, 0.2) is 0 Å². The predicted octanol–water partition coefficient (Wildman–Crippen LogP) is 1.87. The molecule has 1 N–H and O–H groups in total. The summed E-state index contributed by atoms with van der Waals surface area (Å²) in [5.41, 5.74) is 2.35. The van der Waals surface area contributed by atoms with Gasteiger partial charge in [0.1, 0.15) is 6.33 Å². The van der Waals surface area contributed by atoms with Gasteiger partial charge in [0, 0.05) is 40.9 Å². The lowest BCUT2D eigenvalue weighted by atomic mass is 10.2. The van der Waals surface area contributed by atoms with Crippen molar-refractivity contribution in [2.45, 2.75) is 13.3 Å². The van der Waals surface area contributed by atoms with E-state index in [0.29, 0.717) is 24.3 Å². The number of hydrogen-bond acceptors (Lipinski definition) is 5. The van der Waals surface area contributed by atoms with Crippen LogP contribution in [0.5, 0.6) is 0 Å². The van der Waals surface area contributed by atoms with Crippen LogP contribution < -0.4 is 0 Å². The molecular formula is C17H18BrN5O2. The standard InChI is InChI=1S/C17H18BrN5O2/c1-12-9-15(23-17(21-12)19-11-20-23)5-6-22(7-8-24)16(25)13-3-2-4-14(18)10-13/h2-4,9-11,24H,5-8H2,1H3. The number of halogens is 1. The third-order valence-electron chi connectivity index (χ3n) is 3.82. The van der Waals surface area contributed by atoms with Crippen LogP contribution in [0.15, 0.2) is 41.1 Å². The minimum absolute atomic E-state index is 0.0894. The Morgan fingerprint density at radius 1 is 1.32 bits per heavy atom. The third-order valence-corrected chi connectivity index (χ3v) is 4.31. The number of aromatic nitrogens is 4. The van der Waals surface area contributed by atoms with Crippen LogP contribution in [0.1, 0.15) is 21.7 Å². The van der Waals surface area contributed by atoms with Crippen molar-refractivity contribution < 1.29 is 9.90 Å². The minimum Gasteiger partial charge on any atom is -0.395 e. The molecular weight excluding hydrogens is 386 g/mol. The van der Waals surface area contributed by atoms with Gasteiger partial charge in [-0.15, -0.1) is 0 Å². The van der Waals surface area contributed by atoms with E-state index in [1.54, 1.807) is 21.5 Å². The van der Waals surface area contributed by atoms with Crippen molar-refractivity contribution in [2.75, 3.05) is 19.7 Å². The Bertz CT molecular complexity index is 896. The van der Waals surface area contributed by atoms with Crippen LogP contribution in [-0.2, 0) is 6.42 Å². The molecule has 0 aliphatic carbocycles. The summed E-state index contributed by atoms with van der Waals surface area (Å²) in [6.45, 7) is 2.55. The molecule has 3 aromatic rings. The van der Waals surface area contributed by atoms with Gasteiger partial charge in [0.2, 0.25) is 0 Å². The number of rotatable bonds is 6. The van der Waals surface area contributed by atoms with E-state index >= 15 is 0 Å². The Kier molecular flexibility index (Phi) is 5.40. The number of aliphatic hydroxyl groups excluding tert-OH is 1.